The number of nitrogens with two attached hydrogens (primary N) is 1. The number of nitrogens with zero attached hydrogens (tertiary/aromatic N) is 4. The van der Waals surface area contributed by atoms with Crippen LogP contribution in [0.3, 0.4) is 0 Å². The minimum Gasteiger partial charge on any atom is -0.296 e. The number of primary sulfonamides is 1. The summed E-state index contributed by atoms with van der Waals surface area (Å²) >= 11 is 0. The lowest BCUT2D eigenvalue weighted by Crippen LogP contribution is -2.42. The van der Waals surface area contributed by atoms with E-state index in [0.29, 0.717) is 31.7 Å². The second-order valence-electron chi connectivity index (χ2n) is 6.05. The zero-order chi connectivity index (χ0) is 17.3. The third-order valence-electron chi connectivity index (χ3n) is 4.53. The average Bonchev–Trinajstić information content (AvgIpc) is 3.00. The average molecular weight is 353 g/mol. The molecule has 24 heavy (non-hydrogen) atoms. The predicted molar refractivity (Wildman–Crippen MR) is 87.4 cm³/mol. The molecule has 1 aliphatic heterocycles. The third kappa shape index (κ3) is 3.63. The number of aromatic nitrogens is 3. The van der Waals surface area contributed by atoms with Crippen molar-refractivity contribution < 1.29 is 12.8 Å². The summed E-state index contributed by atoms with van der Waals surface area (Å²) in [6, 6.07) is 3.83. The van der Waals surface area contributed by atoms with Gasteiger partial charge in [-0.15, -0.1) is 0 Å². The minimum absolute atomic E-state index is 0.113. The van der Waals surface area contributed by atoms with Crippen LogP contribution in [0.1, 0.15) is 31.4 Å². The molecule has 1 aliphatic rings. The fourth-order valence-corrected chi connectivity index (χ4v) is 3.88. The lowest BCUT2D eigenvalue weighted by atomic mass is 10.0. The maximum Gasteiger partial charge on any atom is 0.212 e. The molecule has 0 amide bonds. The van der Waals surface area contributed by atoms with Gasteiger partial charge in [-0.2, -0.15) is 5.10 Å². The molecule has 1 saturated heterocycles. The second kappa shape index (κ2) is 6.58. The molecule has 3 rings (SSSR count). The van der Waals surface area contributed by atoms with Gasteiger partial charge >= 0.3 is 0 Å². The lowest BCUT2D eigenvalue weighted by molar-refractivity contribution is 0.176. The number of rotatable bonds is 4. The second-order valence-corrected chi connectivity index (χ2v) is 7.90. The van der Waals surface area contributed by atoms with Crippen LogP contribution < -0.4 is 5.14 Å². The van der Waals surface area contributed by atoms with Crippen molar-refractivity contribution in [2.75, 3.05) is 13.1 Å². The Morgan fingerprint density at radius 1 is 1.29 bits per heavy atom. The van der Waals surface area contributed by atoms with Gasteiger partial charge in [0.2, 0.25) is 10.0 Å². The standard InChI is InChI=1S/C15H20FN5O2S/c1-11(20-6-4-14(5-7-20)24(17,22)23)12-2-3-15(18-8-12)21-10-13(16)9-19-21/h2-3,8-11,14H,4-7H2,1H3,(H2,17,22,23). The molecule has 0 radical (unpaired) electrons. The number of hydrogen-bond acceptors (Lipinski definition) is 5. The fourth-order valence-electron chi connectivity index (χ4n) is 3.01. The van der Waals surface area contributed by atoms with Crippen LogP contribution in [0.2, 0.25) is 0 Å². The van der Waals surface area contributed by atoms with Crippen molar-refractivity contribution in [3.63, 3.8) is 0 Å². The van der Waals surface area contributed by atoms with E-state index in [1.165, 1.54) is 10.9 Å². The molecule has 1 unspecified atom stereocenters. The molecule has 1 fully saturated rings. The van der Waals surface area contributed by atoms with Crippen molar-refractivity contribution in [1.29, 1.82) is 0 Å². The minimum atomic E-state index is -3.45. The molecular weight excluding hydrogens is 333 g/mol. The largest absolute Gasteiger partial charge is 0.296 e. The van der Waals surface area contributed by atoms with E-state index < -0.39 is 21.1 Å². The normalized spacial score (nSPS) is 18.6. The number of likely N-dealkylation sites (tertiary alicyclic amines) is 1. The Balaban J connectivity index is 1.66. The van der Waals surface area contributed by atoms with Crippen LogP contribution >= 0.6 is 0 Å². The molecule has 2 aromatic heterocycles. The summed E-state index contributed by atoms with van der Waals surface area (Å²) in [5.74, 6) is 0.134. The van der Waals surface area contributed by atoms with E-state index in [0.717, 1.165) is 11.8 Å². The van der Waals surface area contributed by atoms with Crippen LogP contribution in [0.15, 0.2) is 30.7 Å². The van der Waals surface area contributed by atoms with Gasteiger partial charge in [0.05, 0.1) is 17.6 Å². The highest BCUT2D eigenvalue weighted by Gasteiger charge is 2.29. The maximum absolute atomic E-state index is 13.0. The van der Waals surface area contributed by atoms with Gasteiger partial charge in [0.1, 0.15) is 0 Å². The summed E-state index contributed by atoms with van der Waals surface area (Å²) in [4.78, 5) is 6.54. The molecule has 0 saturated carbocycles. The van der Waals surface area contributed by atoms with E-state index >= 15 is 0 Å². The quantitative estimate of drug-likeness (QED) is 0.892. The van der Waals surface area contributed by atoms with Gasteiger partial charge in [0, 0.05) is 25.3 Å². The molecule has 130 valence electrons. The van der Waals surface area contributed by atoms with Crippen molar-refractivity contribution in [2.45, 2.75) is 31.1 Å². The van der Waals surface area contributed by atoms with Crippen LogP contribution in [0.5, 0.6) is 0 Å². The SMILES string of the molecule is CC(c1ccc(-n2cc(F)cn2)nc1)N1CCC(S(N)(=O)=O)CC1. The van der Waals surface area contributed by atoms with Crippen LogP contribution in [0, 0.1) is 5.82 Å². The van der Waals surface area contributed by atoms with Crippen molar-refractivity contribution in [1.82, 2.24) is 19.7 Å². The molecule has 0 aliphatic carbocycles. The molecule has 2 N–H and O–H groups in total. The monoisotopic (exact) mass is 353 g/mol. The van der Waals surface area contributed by atoms with E-state index in [9.17, 15) is 12.8 Å². The lowest BCUT2D eigenvalue weighted by Gasteiger charge is -2.35. The van der Waals surface area contributed by atoms with E-state index in [-0.39, 0.29) is 6.04 Å². The highest BCUT2D eigenvalue weighted by Crippen LogP contribution is 2.25. The van der Waals surface area contributed by atoms with Gasteiger partial charge < -0.3 is 0 Å². The smallest absolute Gasteiger partial charge is 0.212 e. The Bertz CT molecular complexity index is 798. The van der Waals surface area contributed by atoms with Gasteiger partial charge in [-0.3, -0.25) is 4.90 Å². The first-order valence-electron chi connectivity index (χ1n) is 7.77. The van der Waals surface area contributed by atoms with E-state index in [4.69, 9.17) is 5.14 Å². The van der Waals surface area contributed by atoms with Crippen LogP contribution in [-0.2, 0) is 10.0 Å². The Hall–Kier alpha value is -1.84. The molecule has 3 heterocycles. The van der Waals surface area contributed by atoms with Crippen LogP contribution in [-0.4, -0.2) is 46.4 Å². The Morgan fingerprint density at radius 2 is 2.00 bits per heavy atom. The van der Waals surface area contributed by atoms with Gasteiger partial charge in [-0.25, -0.2) is 27.6 Å². The summed E-state index contributed by atoms with van der Waals surface area (Å²) in [6.45, 7) is 3.41. The Labute approximate surface area is 140 Å². The molecule has 0 aromatic carbocycles. The summed E-state index contributed by atoms with van der Waals surface area (Å²) in [5.41, 5.74) is 1.01. The molecule has 2 aromatic rings. The van der Waals surface area contributed by atoms with Gasteiger partial charge in [-0.05, 0) is 31.4 Å². The zero-order valence-corrected chi connectivity index (χ0v) is 14.2. The van der Waals surface area contributed by atoms with E-state index in [2.05, 4.69) is 21.9 Å². The molecule has 0 bridgehead atoms. The highest BCUT2D eigenvalue weighted by atomic mass is 32.2. The number of hydrogen-bond donors (Lipinski definition) is 1. The van der Waals surface area contributed by atoms with Crippen molar-refractivity contribution >= 4 is 10.0 Å². The van der Waals surface area contributed by atoms with Crippen molar-refractivity contribution in [2.24, 2.45) is 5.14 Å². The van der Waals surface area contributed by atoms with Gasteiger partial charge in [0.15, 0.2) is 11.6 Å². The van der Waals surface area contributed by atoms with Crippen molar-refractivity contribution in [3.8, 4) is 5.82 Å². The topological polar surface area (TPSA) is 94.1 Å². The Morgan fingerprint density at radius 3 is 2.50 bits per heavy atom. The molecule has 0 spiro atoms. The fraction of sp³-hybridized carbons (Fsp3) is 0.467. The van der Waals surface area contributed by atoms with Gasteiger partial charge in [-0.1, -0.05) is 6.07 Å². The molecule has 1 atom stereocenters. The summed E-state index contributed by atoms with van der Waals surface area (Å²) in [7, 11) is -3.45. The first-order chi connectivity index (χ1) is 11.3. The van der Waals surface area contributed by atoms with E-state index in [1.54, 1.807) is 12.3 Å². The summed E-state index contributed by atoms with van der Waals surface area (Å²) in [6.07, 6.45) is 5.23. The summed E-state index contributed by atoms with van der Waals surface area (Å²) < 4.78 is 37.2. The zero-order valence-electron chi connectivity index (χ0n) is 13.3. The van der Waals surface area contributed by atoms with E-state index in [1.807, 2.05) is 6.07 Å². The predicted octanol–water partition coefficient (Wildman–Crippen LogP) is 1.22. The number of pyridine rings is 1. The van der Waals surface area contributed by atoms with Crippen molar-refractivity contribution in [3.05, 3.63) is 42.1 Å². The number of sulfonamides is 1. The first-order valence-corrected chi connectivity index (χ1v) is 9.37. The van der Waals surface area contributed by atoms with Crippen LogP contribution in [0.4, 0.5) is 4.39 Å². The van der Waals surface area contributed by atoms with Crippen LogP contribution in [0.25, 0.3) is 5.82 Å². The Kier molecular flexibility index (Phi) is 4.66. The number of halogens is 1. The first kappa shape index (κ1) is 17.0. The van der Waals surface area contributed by atoms with Gasteiger partial charge in [0.25, 0.3) is 0 Å². The number of piperidine rings is 1. The molecule has 9 heteroatoms. The molecule has 7 nitrogen and oxygen atoms in total. The summed E-state index contributed by atoms with van der Waals surface area (Å²) in [5, 5.41) is 8.66. The maximum atomic E-state index is 13.0. The highest BCUT2D eigenvalue weighted by molar-refractivity contribution is 7.89. The molecular formula is C15H20FN5O2S. The third-order valence-corrected chi connectivity index (χ3v) is 5.93.